The maximum atomic E-state index is 13.5. The minimum absolute atomic E-state index is 0.164. The molecule has 7 nitrogen and oxygen atoms in total. The molecule has 182 valence electrons. The normalized spacial score (nSPS) is 11.6. The molecule has 0 fully saturated rings. The van der Waals surface area contributed by atoms with Crippen molar-refractivity contribution in [2.45, 2.75) is 25.9 Å². The molecule has 2 aromatic heterocycles. The van der Waals surface area contributed by atoms with Crippen LogP contribution in [0.4, 0.5) is 29.3 Å². The number of aryl methyl sites for hydroxylation is 2. The van der Waals surface area contributed by atoms with E-state index in [-0.39, 0.29) is 5.82 Å². The lowest BCUT2D eigenvalue weighted by Gasteiger charge is -2.12. The Morgan fingerprint density at radius 1 is 1.11 bits per heavy atom. The van der Waals surface area contributed by atoms with E-state index >= 15 is 0 Å². The molecule has 2 aromatic carbocycles. The van der Waals surface area contributed by atoms with E-state index in [1.54, 1.807) is 31.0 Å². The number of fused-ring (bicyclic) bond motifs is 1. The maximum absolute atomic E-state index is 13.5. The fraction of sp³-hybridized carbons (Fsp3) is 0.250. The first-order chi connectivity index (χ1) is 16.6. The Morgan fingerprint density at radius 3 is 2.57 bits per heavy atom. The molecule has 0 aliphatic carbocycles. The van der Waals surface area contributed by atoms with Crippen LogP contribution in [0.25, 0.3) is 22.2 Å². The van der Waals surface area contributed by atoms with E-state index in [1.807, 2.05) is 19.1 Å². The molecule has 1 amide bonds. The van der Waals surface area contributed by atoms with Gasteiger partial charge in [-0.3, -0.25) is 9.48 Å². The number of hydrogen-bond donors (Lipinski definition) is 2. The first kappa shape index (κ1) is 24.1. The van der Waals surface area contributed by atoms with Crippen molar-refractivity contribution < 1.29 is 22.4 Å². The molecular weight excluding hydrogens is 464 g/mol. The van der Waals surface area contributed by atoms with Gasteiger partial charge in [0.25, 0.3) is 0 Å². The van der Waals surface area contributed by atoms with Crippen molar-refractivity contribution in [3.63, 3.8) is 0 Å². The number of amides is 1. The van der Waals surface area contributed by atoms with Crippen molar-refractivity contribution in [1.29, 1.82) is 0 Å². The zero-order chi connectivity index (χ0) is 25.3. The molecule has 11 heteroatoms. The molecule has 4 aromatic rings. The molecule has 2 N–H and O–H groups in total. The third-order valence-electron chi connectivity index (χ3n) is 5.53. The van der Waals surface area contributed by atoms with Crippen molar-refractivity contribution in [2.24, 2.45) is 7.05 Å². The van der Waals surface area contributed by atoms with Gasteiger partial charge < -0.3 is 10.6 Å². The van der Waals surface area contributed by atoms with Gasteiger partial charge in [0.1, 0.15) is 5.82 Å². The molecular formula is C24H22F4N6O. The van der Waals surface area contributed by atoms with E-state index in [0.29, 0.717) is 23.8 Å². The van der Waals surface area contributed by atoms with Gasteiger partial charge in [0.2, 0.25) is 11.9 Å². The number of halogens is 4. The van der Waals surface area contributed by atoms with E-state index in [2.05, 4.69) is 25.7 Å². The number of aromatic nitrogens is 4. The second-order valence-electron chi connectivity index (χ2n) is 7.93. The van der Waals surface area contributed by atoms with Gasteiger partial charge in [-0.05, 0) is 47.9 Å². The summed E-state index contributed by atoms with van der Waals surface area (Å²) in [7, 11) is 3.43. The van der Waals surface area contributed by atoms with Crippen LogP contribution in [0.1, 0.15) is 23.6 Å². The number of alkyl halides is 3. The van der Waals surface area contributed by atoms with Crippen LogP contribution < -0.4 is 10.6 Å². The van der Waals surface area contributed by atoms with E-state index < -0.39 is 35.4 Å². The predicted molar refractivity (Wildman–Crippen MR) is 124 cm³/mol. The fourth-order valence-electron chi connectivity index (χ4n) is 3.90. The van der Waals surface area contributed by atoms with Crippen LogP contribution in [0, 0.1) is 5.82 Å². The Kier molecular flexibility index (Phi) is 6.42. The SMILES string of the molecule is CCc1cc(-c2cc(NC(=O)Cc3cc(F)ccc3C(F)(F)F)nn2C)cc2cnc(NC)nc12. The number of carbonyl (C=O) groups excluding carboxylic acids is 1. The number of carbonyl (C=O) groups is 1. The quantitative estimate of drug-likeness (QED) is 0.376. The van der Waals surface area contributed by atoms with Gasteiger partial charge >= 0.3 is 6.18 Å². The van der Waals surface area contributed by atoms with Crippen LogP contribution in [0.2, 0.25) is 0 Å². The number of anilines is 2. The fourth-order valence-corrected chi connectivity index (χ4v) is 3.90. The van der Waals surface area contributed by atoms with Crippen LogP contribution in [0.5, 0.6) is 0 Å². The van der Waals surface area contributed by atoms with Crippen molar-refractivity contribution in [2.75, 3.05) is 17.7 Å². The molecule has 35 heavy (non-hydrogen) atoms. The van der Waals surface area contributed by atoms with Gasteiger partial charge in [-0.1, -0.05) is 6.92 Å². The molecule has 0 radical (unpaired) electrons. The zero-order valence-corrected chi connectivity index (χ0v) is 19.2. The third-order valence-corrected chi connectivity index (χ3v) is 5.53. The van der Waals surface area contributed by atoms with Crippen LogP contribution in [-0.4, -0.2) is 32.7 Å². The second kappa shape index (κ2) is 9.32. The maximum Gasteiger partial charge on any atom is 0.416 e. The molecule has 2 heterocycles. The highest BCUT2D eigenvalue weighted by atomic mass is 19.4. The smallest absolute Gasteiger partial charge is 0.357 e. The minimum atomic E-state index is -4.70. The Bertz CT molecular complexity index is 1410. The summed E-state index contributed by atoms with van der Waals surface area (Å²) >= 11 is 0. The van der Waals surface area contributed by atoms with E-state index in [1.165, 1.54) is 0 Å². The topological polar surface area (TPSA) is 84.7 Å². The molecule has 0 saturated heterocycles. The molecule has 4 rings (SSSR count). The van der Waals surface area contributed by atoms with Crippen molar-refractivity contribution >= 4 is 28.6 Å². The Hall–Kier alpha value is -4.02. The molecule has 0 bridgehead atoms. The van der Waals surface area contributed by atoms with Crippen LogP contribution in [0.3, 0.4) is 0 Å². The summed E-state index contributed by atoms with van der Waals surface area (Å²) in [5.41, 5.74) is 1.80. The number of rotatable bonds is 6. The molecule has 0 spiro atoms. The Balaban J connectivity index is 1.61. The van der Waals surface area contributed by atoms with E-state index in [4.69, 9.17) is 0 Å². The molecule has 0 atom stereocenters. The average Bonchev–Trinajstić information content (AvgIpc) is 3.16. The number of benzene rings is 2. The highest BCUT2D eigenvalue weighted by Crippen LogP contribution is 2.33. The molecule has 0 aliphatic rings. The predicted octanol–water partition coefficient (Wildman–Crippen LogP) is 4.97. The number of nitrogens with one attached hydrogen (secondary N) is 2. The number of hydrogen-bond acceptors (Lipinski definition) is 5. The summed E-state index contributed by atoms with van der Waals surface area (Å²) < 4.78 is 54.8. The summed E-state index contributed by atoms with van der Waals surface area (Å²) in [5, 5.41) is 10.5. The van der Waals surface area contributed by atoms with Crippen LogP contribution in [-0.2, 0) is 30.9 Å². The molecule has 0 saturated carbocycles. The lowest BCUT2D eigenvalue weighted by molar-refractivity contribution is -0.138. The second-order valence-corrected chi connectivity index (χ2v) is 7.93. The summed E-state index contributed by atoms with van der Waals surface area (Å²) in [4.78, 5) is 21.3. The van der Waals surface area contributed by atoms with Crippen LogP contribution in [0.15, 0.2) is 42.6 Å². The van der Waals surface area contributed by atoms with Crippen molar-refractivity contribution in [3.8, 4) is 11.3 Å². The van der Waals surface area contributed by atoms with Gasteiger partial charge in [-0.25, -0.2) is 14.4 Å². The summed E-state index contributed by atoms with van der Waals surface area (Å²) in [6.07, 6.45) is -2.92. The largest absolute Gasteiger partial charge is 0.416 e. The van der Waals surface area contributed by atoms with Gasteiger partial charge in [0.05, 0.1) is 23.2 Å². The van der Waals surface area contributed by atoms with Gasteiger partial charge in [0, 0.05) is 37.3 Å². The standard InChI is InChI=1S/C24H22F4N6O/c1-4-13-7-15(8-16-12-30-23(29-2)32-22(13)16)19-11-20(33-34(19)3)31-21(35)10-14-9-17(25)5-6-18(14)24(26,27)28/h5-9,11-12H,4,10H2,1-3H3,(H,29,30,32)(H,31,33,35). The lowest BCUT2D eigenvalue weighted by atomic mass is 10.0. The highest BCUT2D eigenvalue weighted by Gasteiger charge is 2.34. The average molecular weight is 486 g/mol. The minimum Gasteiger partial charge on any atom is -0.357 e. The van der Waals surface area contributed by atoms with Gasteiger partial charge in [-0.2, -0.15) is 18.3 Å². The highest BCUT2D eigenvalue weighted by molar-refractivity contribution is 5.93. The summed E-state index contributed by atoms with van der Waals surface area (Å²) in [5.74, 6) is -0.920. The summed E-state index contributed by atoms with van der Waals surface area (Å²) in [6, 6.07) is 7.56. The zero-order valence-electron chi connectivity index (χ0n) is 19.2. The molecule has 0 aliphatic heterocycles. The molecule has 0 unspecified atom stereocenters. The van der Waals surface area contributed by atoms with Gasteiger partial charge in [-0.15, -0.1) is 0 Å². The first-order valence-corrected chi connectivity index (χ1v) is 10.8. The monoisotopic (exact) mass is 486 g/mol. The lowest BCUT2D eigenvalue weighted by Crippen LogP contribution is -2.18. The van der Waals surface area contributed by atoms with E-state index in [9.17, 15) is 22.4 Å². The van der Waals surface area contributed by atoms with Crippen molar-refractivity contribution in [1.82, 2.24) is 19.7 Å². The summed E-state index contributed by atoms with van der Waals surface area (Å²) in [6.45, 7) is 2.01. The van der Waals surface area contributed by atoms with E-state index in [0.717, 1.165) is 34.5 Å². The van der Waals surface area contributed by atoms with Crippen molar-refractivity contribution in [3.05, 3.63) is 65.1 Å². The Labute approximate surface area is 198 Å². The Morgan fingerprint density at radius 2 is 1.89 bits per heavy atom. The van der Waals surface area contributed by atoms with Gasteiger partial charge in [0.15, 0.2) is 5.82 Å². The first-order valence-electron chi connectivity index (χ1n) is 10.8. The van der Waals surface area contributed by atoms with Crippen LogP contribution >= 0.6 is 0 Å². The third kappa shape index (κ3) is 5.08. The number of nitrogens with zero attached hydrogens (tertiary/aromatic N) is 4.